The number of aliphatic hydroxyl groups excluding tert-OH is 1. The van der Waals surface area contributed by atoms with Gasteiger partial charge in [-0.1, -0.05) is 20.8 Å². The molecule has 0 amide bonds. The van der Waals surface area contributed by atoms with Crippen molar-refractivity contribution in [3.63, 3.8) is 0 Å². The molecule has 2 atom stereocenters. The van der Waals surface area contributed by atoms with Crippen LogP contribution in [0.1, 0.15) is 39.4 Å². The second-order valence-corrected chi connectivity index (χ2v) is 6.46. The summed E-state index contributed by atoms with van der Waals surface area (Å²) < 4.78 is 6.64. The van der Waals surface area contributed by atoms with Crippen molar-refractivity contribution in [3.05, 3.63) is 20.8 Å². The first-order chi connectivity index (χ1) is 7.38. The minimum Gasteiger partial charge on any atom is -0.386 e. The number of hydrogen-bond acceptors (Lipinski definition) is 3. The maximum absolute atomic E-state index is 10.4. The van der Waals surface area contributed by atoms with Crippen LogP contribution in [0.4, 0.5) is 0 Å². The predicted octanol–water partition coefficient (Wildman–Crippen LogP) is 4.00. The van der Waals surface area contributed by atoms with Crippen LogP contribution >= 0.6 is 27.3 Å². The normalized spacial score (nSPS) is 16.1. The van der Waals surface area contributed by atoms with Crippen molar-refractivity contribution in [1.29, 1.82) is 0 Å². The van der Waals surface area contributed by atoms with Gasteiger partial charge in [0.05, 0.1) is 6.10 Å². The first-order valence-electron chi connectivity index (χ1n) is 5.39. The van der Waals surface area contributed by atoms with Gasteiger partial charge in [-0.25, -0.2) is 0 Å². The molecule has 4 heteroatoms. The first-order valence-corrected chi connectivity index (χ1v) is 7.12. The van der Waals surface area contributed by atoms with E-state index in [9.17, 15) is 5.11 Å². The molecule has 0 aliphatic heterocycles. The summed E-state index contributed by atoms with van der Waals surface area (Å²) in [5.74, 6) is 0. The first kappa shape index (κ1) is 14.2. The highest BCUT2D eigenvalue weighted by molar-refractivity contribution is 9.10. The van der Waals surface area contributed by atoms with Crippen molar-refractivity contribution in [1.82, 2.24) is 0 Å². The average Bonchev–Trinajstić information content (AvgIpc) is 2.58. The molecule has 1 heterocycles. The summed E-state index contributed by atoms with van der Waals surface area (Å²) in [6, 6.07) is 0. The third kappa shape index (κ3) is 3.29. The summed E-state index contributed by atoms with van der Waals surface area (Å²) in [4.78, 5) is 0. The number of aliphatic hydroxyl groups is 1. The third-order valence-electron chi connectivity index (χ3n) is 2.45. The third-order valence-corrected chi connectivity index (χ3v) is 4.20. The molecule has 0 bridgehead atoms. The van der Waals surface area contributed by atoms with Crippen LogP contribution in [-0.2, 0) is 4.74 Å². The van der Waals surface area contributed by atoms with Crippen LogP contribution in [-0.4, -0.2) is 17.8 Å². The smallest absolute Gasteiger partial charge is 0.108 e. The van der Waals surface area contributed by atoms with E-state index in [-0.39, 0.29) is 11.5 Å². The van der Waals surface area contributed by atoms with E-state index in [1.807, 2.05) is 17.7 Å². The molecule has 1 aromatic heterocycles. The molecule has 0 radical (unpaired) electrons. The Balaban J connectivity index is 2.92. The monoisotopic (exact) mass is 306 g/mol. The van der Waals surface area contributed by atoms with Gasteiger partial charge >= 0.3 is 0 Å². The van der Waals surface area contributed by atoms with E-state index in [1.54, 1.807) is 11.3 Å². The standard InChI is InChI=1S/C12H19BrO2S/c1-5-15-11(12(2,3)4)10(14)8-6-16-7-9(8)13/h6-7,10-11,14H,5H2,1-4H3. The highest BCUT2D eigenvalue weighted by Crippen LogP contribution is 2.37. The van der Waals surface area contributed by atoms with Gasteiger partial charge in [0.25, 0.3) is 0 Å². The topological polar surface area (TPSA) is 29.5 Å². The Morgan fingerprint density at radius 3 is 2.44 bits per heavy atom. The zero-order valence-corrected chi connectivity index (χ0v) is 12.6. The zero-order valence-electron chi connectivity index (χ0n) is 10.2. The molecular weight excluding hydrogens is 288 g/mol. The lowest BCUT2D eigenvalue weighted by atomic mass is 9.84. The maximum atomic E-state index is 10.4. The molecule has 16 heavy (non-hydrogen) atoms. The molecule has 2 unspecified atom stereocenters. The SMILES string of the molecule is CCOC(C(O)c1cscc1Br)C(C)(C)C. The molecule has 0 spiro atoms. The molecule has 92 valence electrons. The Bertz CT molecular complexity index is 330. The molecule has 2 nitrogen and oxygen atoms in total. The molecule has 0 aromatic carbocycles. The lowest BCUT2D eigenvalue weighted by Crippen LogP contribution is -2.35. The van der Waals surface area contributed by atoms with Crippen LogP contribution in [0.2, 0.25) is 0 Å². The van der Waals surface area contributed by atoms with E-state index in [0.717, 1.165) is 10.0 Å². The highest BCUT2D eigenvalue weighted by Gasteiger charge is 2.33. The molecule has 1 rings (SSSR count). The summed E-state index contributed by atoms with van der Waals surface area (Å²) in [5.41, 5.74) is 0.829. The van der Waals surface area contributed by atoms with Gasteiger partial charge in [-0.15, -0.1) is 0 Å². The van der Waals surface area contributed by atoms with Gasteiger partial charge < -0.3 is 9.84 Å². The van der Waals surface area contributed by atoms with Crippen molar-refractivity contribution in [2.75, 3.05) is 6.61 Å². The Labute approximate surface area is 110 Å². The lowest BCUT2D eigenvalue weighted by molar-refractivity contribution is -0.0899. The molecule has 1 aromatic rings. The molecule has 0 fully saturated rings. The van der Waals surface area contributed by atoms with Gasteiger partial charge in [-0.3, -0.25) is 0 Å². The van der Waals surface area contributed by atoms with E-state index in [2.05, 4.69) is 36.7 Å². The van der Waals surface area contributed by atoms with Crippen molar-refractivity contribution < 1.29 is 9.84 Å². The molecule has 0 aliphatic rings. The number of thiophene rings is 1. The van der Waals surface area contributed by atoms with Crippen molar-refractivity contribution in [2.24, 2.45) is 5.41 Å². The van der Waals surface area contributed by atoms with Crippen molar-refractivity contribution in [2.45, 2.75) is 39.9 Å². The number of hydrogen-bond donors (Lipinski definition) is 1. The Hall–Kier alpha value is 0.100. The van der Waals surface area contributed by atoms with Crippen LogP contribution < -0.4 is 0 Å². The predicted molar refractivity (Wildman–Crippen MR) is 71.8 cm³/mol. The van der Waals surface area contributed by atoms with Gasteiger partial charge in [0.2, 0.25) is 0 Å². The minimum atomic E-state index is -0.583. The summed E-state index contributed by atoms with van der Waals surface area (Å²) in [7, 11) is 0. The van der Waals surface area contributed by atoms with E-state index in [0.29, 0.717) is 6.61 Å². The van der Waals surface area contributed by atoms with Gasteiger partial charge in [-0.2, -0.15) is 11.3 Å². The number of ether oxygens (including phenoxy) is 1. The van der Waals surface area contributed by atoms with Gasteiger partial charge in [-0.05, 0) is 33.6 Å². The molecule has 0 aliphatic carbocycles. The van der Waals surface area contributed by atoms with Gasteiger partial charge in [0.1, 0.15) is 6.10 Å². The molecule has 0 saturated heterocycles. The lowest BCUT2D eigenvalue weighted by Gasteiger charge is -2.34. The quantitative estimate of drug-likeness (QED) is 0.911. The highest BCUT2D eigenvalue weighted by atomic mass is 79.9. The van der Waals surface area contributed by atoms with Crippen molar-refractivity contribution >= 4 is 27.3 Å². The summed E-state index contributed by atoms with van der Waals surface area (Å²) in [6.07, 6.45) is -0.774. The van der Waals surface area contributed by atoms with E-state index in [4.69, 9.17) is 4.74 Å². The average molecular weight is 307 g/mol. The summed E-state index contributed by atoms with van der Waals surface area (Å²) in [5, 5.41) is 14.3. The van der Waals surface area contributed by atoms with Gasteiger partial charge in [0.15, 0.2) is 0 Å². The summed E-state index contributed by atoms with van der Waals surface area (Å²) in [6.45, 7) is 8.80. The second-order valence-electron chi connectivity index (χ2n) is 4.86. The summed E-state index contributed by atoms with van der Waals surface area (Å²) >= 11 is 5.03. The van der Waals surface area contributed by atoms with Crippen LogP contribution in [0, 0.1) is 5.41 Å². The largest absolute Gasteiger partial charge is 0.386 e. The Kier molecular flexibility index (Phi) is 4.98. The van der Waals surface area contributed by atoms with E-state index < -0.39 is 6.10 Å². The van der Waals surface area contributed by atoms with Crippen LogP contribution in [0.25, 0.3) is 0 Å². The van der Waals surface area contributed by atoms with E-state index >= 15 is 0 Å². The fourth-order valence-electron chi connectivity index (χ4n) is 1.66. The zero-order chi connectivity index (χ0) is 12.3. The number of rotatable bonds is 4. The van der Waals surface area contributed by atoms with Crippen LogP contribution in [0.5, 0.6) is 0 Å². The van der Waals surface area contributed by atoms with Crippen LogP contribution in [0.15, 0.2) is 15.2 Å². The second kappa shape index (κ2) is 5.63. The molecule has 0 saturated carbocycles. The minimum absolute atomic E-state index is 0.0865. The van der Waals surface area contributed by atoms with Crippen LogP contribution in [0.3, 0.4) is 0 Å². The molecular formula is C12H19BrO2S. The van der Waals surface area contributed by atoms with Gasteiger partial charge in [0, 0.05) is 22.0 Å². The Morgan fingerprint density at radius 1 is 1.44 bits per heavy atom. The fourth-order valence-corrected chi connectivity index (χ4v) is 3.22. The molecule has 1 N–H and O–H groups in total. The van der Waals surface area contributed by atoms with E-state index in [1.165, 1.54) is 0 Å². The fraction of sp³-hybridized carbons (Fsp3) is 0.667. The number of halogens is 1. The Morgan fingerprint density at radius 2 is 2.06 bits per heavy atom. The van der Waals surface area contributed by atoms with Crippen molar-refractivity contribution in [3.8, 4) is 0 Å². The maximum Gasteiger partial charge on any atom is 0.108 e.